The van der Waals surface area contributed by atoms with Gasteiger partial charge in [-0.1, -0.05) is 6.92 Å². The van der Waals surface area contributed by atoms with Crippen molar-refractivity contribution in [2.24, 2.45) is 5.92 Å². The largest absolute Gasteiger partial charge is 0.308 e. The van der Waals surface area contributed by atoms with Gasteiger partial charge >= 0.3 is 0 Å². The third kappa shape index (κ3) is 2.75. The van der Waals surface area contributed by atoms with E-state index < -0.39 is 15.4 Å². The molecule has 1 heterocycles. The molecule has 1 atom stereocenters. The summed E-state index contributed by atoms with van der Waals surface area (Å²) in [6.07, 6.45) is 4.75. The van der Waals surface area contributed by atoms with Crippen molar-refractivity contribution >= 4 is 21.4 Å². The maximum Gasteiger partial charge on any atom is 0.288 e. The number of hydrogen-bond acceptors (Lipinski definition) is 4. The Kier molecular flexibility index (Phi) is 3.77. The Morgan fingerprint density at radius 1 is 1.56 bits per heavy atom. The molecule has 2 rings (SSSR count). The molecule has 0 aromatic carbocycles. The predicted molar refractivity (Wildman–Crippen MR) is 68.7 cm³/mol. The quantitative estimate of drug-likeness (QED) is 0.765. The standard InChI is InChI=1S/C11H15ClN2O3S/c1-8(6-12)7-18(16,17)10-11(15)14(5-4-13-10)9-2-3-9/h4-5,8-9H,2-3,6-7H2,1H3. The van der Waals surface area contributed by atoms with E-state index in [4.69, 9.17) is 11.6 Å². The highest BCUT2D eigenvalue weighted by molar-refractivity contribution is 7.91. The molecule has 0 radical (unpaired) electrons. The van der Waals surface area contributed by atoms with E-state index in [9.17, 15) is 13.2 Å². The lowest BCUT2D eigenvalue weighted by molar-refractivity contribution is 0.571. The number of halogens is 1. The van der Waals surface area contributed by atoms with Gasteiger partial charge < -0.3 is 4.57 Å². The molecule has 1 aliphatic carbocycles. The molecule has 0 aliphatic heterocycles. The summed E-state index contributed by atoms with van der Waals surface area (Å²) in [5.74, 6) is -0.108. The smallest absolute Gasteiger partial charge is 0.288 e. The number of rotatable bonds is 5. The van der Waals surface area contributed by atoms with E-state index in [0.29, 0.717) is 0 Å². The Labute approximate surface area is 111 Å². The summed E-state index contributed by atoms with van der Waals surface area (Å²) in [5, 5.41) is -0.353. The van der Waals surface area contributed by atoms with Crippen molar-refractivity contribution in [1.29, 1.82) is 0 Å². The van der Waals surface area contributed by atoms with Gasteiger partial charge in [-0.2, -0.15) is 0 Å². The fraction of sp³-hybridized carbons (Fsp3) is 0.636. The molecule has 1 saturated carbocycles. The Morgan fingerprint density at radius 2 is 2.22 bits per heavy atom. The van der Waals surface area contributed by atoms with E-state index in [1.807, 2.05) is 0 Å². The monoisotopic (exact) mass is 290 g/mol. The van der Waals surface area contributed by atoms with Gasteiger partial charge in [0.2, 0.25) is 14.9 Å². The summed E-state index contributed by atoms with van der Waals surface area (Å²) in [7, 11) is -3.66. The van der Waals surface area contributed by atoms with Gasteiger partial charge in [0, 0.05) is 24.3 Å². The average molecular weight is 291 g/mol. The third-order valence-electron chi connectivity index (χ3n) is 2.84. The van der Waals surface area contributed by atoms with Crippen LogP contribution in [-0.4, -0.2) is 29.6 Å². The van der Waals surface area contributed by atoms with E-state index >= 15 is 0 Å². The summed E-state index contributed by atoms with van der Waals surface area (Å²) >= 11 is 5.61. The second-order valence-corrected chi connectivity index (χ2v) is 6.98. The molecule has 7 heteroatoms. The van der Waals surface area contributed by atoms with Gasteiger partial charge in [0.15, 0.2) is 0 Å². The summed E-state index contributed by atoms with van der Waals surface area (Å²) in [5.41, 5.74) is -0.512. The molecule has 0 saturated heterocycles. The molecule has 0 spiro atoms. The van der Waals surface area contributed by atoms with Gasteiger partial charge in [-0.25, -0.2) is 13.4 Å². The van der Waals surface area contributed by atoms with Crippen LogP contribution in [0.5, 0.6) is 0 Å². The van der Waals surface area contributed by atoms with Crippen LogP contribution in [0.1, 0.15) is 25.8 Å². The first-order valence-corrected chi connectivity index (χ1v) is 8.00. The maximum absolute atomic E-state index is 12.1. The molecule has 18 heavy (non-hydrogen) atoms. The molecule has 0 bridgehead atoms. The summed E-state index contributed by atoms with van der Waals surface area (Å²) in [6.45, 7) is 1.73. The third-order valence-corrected chi connectivity index (χ3v) is 5.24. The van der Waals surface area contributed by atoms with E-state index in [2.05, 4.69) is 4.98 Å². The van der Waals surface area contributed by atoms with Crippen LogP contribution in [0, 0.1) is 5.92 Å². The normalized spacial score (nSPS) is 17.7. The number of alkyl halides is 1. The van der Waals surface area contributed by atoms with Crippen molar-refractivity contribution in [1.82, 2.24) is 9.55 Å². The minimum Gasteiger partial charge on any atom is -0.308 e. The van der Waals surface area contributed by atoms with E-state index in [1.165, 1.54) is 10.8 Å². The van der Waals surface area contributed by atoms with Gasteiger partial charge in [0.1, 0.15) is 0 Å². The first-order valence-electron chi connectivity index (χ1n) is 5.81. The minimum absolute atomic E-state index is 0.139. The molecule has 100 valence electrons. The number of hydrogen-bond donors (Lipinski definition) is 0. The van der Waals surface area contributed by atoms with Crippen LogP contribution in [0.4, 0.5) is 0 Å². The fourth-order valence-electron chi connectivity index (χ4n) is 1.76. The van der Waals surface area contributed by atoms with Gasteiger partial charge in [-0.3, -0.25) is 4.79 Å². The van der Waals surface area contributed by atoms with Crippen LogP contribution in [0.25, 0.3) is 0 Å². The molecule has 1 aliphatic rings. The lowest BCUT2D eigenvalue weighted by Crippen LogP contribution is -2.29. The van der Waals surface area contributed by atoms with Gasteiger partial charge in [0.05, 0.1) is 5.75 Å². The zero-order valence-electron chi connectivity index (χ0n) is 10.0. The lowest BCUT2D eigenvalue weighted by atomic mass is 10.3. The van der Waals surface area contributed by atoms with Crippen molar-refractivity contribution in [3.63, 3.8) is 0 Å². The average Bonchev–Trinajstić information content (AvgIpc) is 3.12. The second kappa shape index (κ2) is 5.01. The fourth-order valence-corrected chi connectivity index (χ4v) is 3.61. The molecule has 0 N–H and O–H groups in total. The van der Waals surface area contributed by atoms with Gasteiger partial charge in [-0.05, 0) is 18.8 Å². The van der Waals surface area contributed by atoms with Crippen molar-refractivity contribution in [3.8, 4) is 0 Å². The molecule has 1 unspecified atom stereocenters. The zero-order valence-corrected chi connectivity index (χ0v) is 11.6. The number of aromatic nitrogens is 2. The van der Waals surface area contributed by atoms with Crippen LogP contribution in [0.15, 0.2) is 22.2 Å². The Morgan fingerprint density at radius 3 is 2.78 bits per heavy atom. The van der Waals surface area contributed by atoms with Crippen molar-refractivity contribution in [3.05, 3.63) is 22.7 Å². The van der Waals surface area contributed by atoms with E-state index in [-0.39, 0.29) is 28.6 Å². The molecule has 1 aromatic rings. The van der Waals surface area contributed by atoms with Gasteiger partial charge in [0.25, 0.3) is 5.56 Å². The number of sulfone groups is 1. The summed E-state index contributed by atoms with van der Waals surface area (Å²) < 4.78 is 25.6. The van der Waals surface area contributed by atoms with Crippen molar-refractivity contribution in [2.45, 2.75) is 30.8 Å². The van der Waals surface area contributed by atoms with E-state index in [0.717, 1.165) is 12.8 Å². The van der Waals surface area contributed by atoms with Gasteiger partial charge in [-0.15, -0.1) is 11.6 Å². The molecule has 5 nitrogen and oxygen atoms in total. The van der Waals surface area contributed by atoms with Crippen LogP contribution in [-0.2, 0) is 9.84 Å². The van der Waals surface area contributed by atoms with Crippen LogP contribution >= 0.6 is 11.6 Å². The highest BCUT2D eigenvalue weighted by Crippen LogP contribution is 2.33. The summed E-state index contributed by atoms with van der Waals surface area (Å²) in [4.78, 5) is 15.8. The predicted octanol–water partition coefficient (Wildman–Crippen LogP) is 1.23. The topological polar surface area (TPSA) is 69.0 Å². The lowest BCUT2D eigenvalue weighted by Gasteiger charge is -2.09. The van der Waals surface area contributed by atoms with Crippen molar-refractivity contribution in [2.75, 3.05) is 11.6 Å². The Hall–Kier alpha value is -0.880. The first kappa shape index (κ1) is 13.5. The Balaban J connectivity index is 2.38. The first-order chi connectivity index (χ1) is 8.45. The summed E-state index contributed by atoms with van der Waals surface area (Å²) in [6, 6.07) is 0.139. The van der Waals surface area contributed by atoms with Crippen LogP contribution in [0.3, 0.4) is 0 Å². The molecular weight excluding hydrogens is 276 g/mol. The molecule has 0 amide bonds. The Bertz CT molecular complexity index is 593. The number of nitrogens with zero attached hydrogens (tertiary/aromatic N) is 2. The minimum atomic E-state index is -3.66. The van der Waals surface area contributed by atoms with E-state index in [1.54, 1.807) is 13.1 Å². The SMILES string of the molecule is CC(CCl)CS(=O)(=O)c1nccn(C2CC2)c1=O. The molecular formula is C11H15ClN2O3S. The second-order valence-electron chi connectivity index (χ2n) is 4.72. The highest BCUT2D eigenvalue weighted by atomic mass is 35.5. The zero-order chi connectivity index (χ0) is 13.3. The maximum atomic E-state index is 12.1. The van der Waals surface area contributed by atoms with Crippen LogP contribution in [0.2, 0.25) is 0 Å². The van der Waals surface area contributed by atoms with Crippen LogP contribution < -0.4 is 5.56 Å². The highest BCUT2D eigenvalue weighted by Gasteiger charge is 2.29. The van der Waals surface area contributed by atoms with Crippen molar-refractivity contribution < 1.29 is 8.42 Å². The molecule has 1 fully saturated rings. The molecule has 1 aromatic heterocycles.